The molecule has 0 saturated heterocycles. The minimum absolute atomic E-state index is 0.0124. The molecule has 0 aromatic heterocycles. The number of methoxy groups -OCH3 is 2. The van der Waals surface area contributed by atoms with E-state index in [1.54, 1.807) is 24.3 Å². The van der Waals surface area contributed by atoms with Crippen molar-refractivity contribution in [2.24, 2.45) is 0 Å². The zero-order valence-corrected chi connectivity index (χ0v) is 14.1. The minimum atomic E-state index is -1.22. The number of hydrogen-bond donors (Lipinski definition) is 2. The maximum atomic E-state index is 12.5. The van der Waals surface area contributed by atoms with Crippen LogP contribution in [0.5, 0.6) is 23.0 Å². The number of hydrogen-bond acceptors (Lipinski definition) is 6. The molecule has 2 aromatic rings. The highest BCUT2D eigenvalue weighted by molar-refractivity contribution is 6.03. The van der Waals surface area contributed by atoms with Crippen molar-refractivity contribution in [3.8, 4) is 23.0 Å². The van der Waals surface area contributed by atoms with Crippen molar-refractivity contribution >= 4 is 17.6 Å². The Kier molecular flexibility index (Phi) is 4.83. The number of ether oxygens (including phenoxy) is 4. The summed E-state index contributed by atoms with van der Waals surface area (Å²) in [7, 11) is 2.81. The molecule has 1 heterocycles. The molecule has 1 aliphatic rings. The van der Waals surface area contributed by atoms with Crippen molar-refractivity contribution in [3.63, 3.8) is 0 Å². The Hall–Kier alpha value is -3.42. The van der Waals surface area contributed by atoms with Gasteiger partial charge in [0.05, 0.1) is 25.5 Å². The molecule has 8 heteroatoms. The molecule has 0 aliphatic carbocycles. The van der Waals surface area contributed by atoms with Crippen LogP contribution >= 0.6 is 0 Å². The number of fused-ring (bicyclic) bond motifs is 1. The number of para-hydroxylation sites is 2. The van der Waals surface area contributed by atoms with Gasteiger partial charge >= 0.3 is 5.97 Å². The highest BCUT2D eigenvalue weighted by atomic mass is 16.6. The van der Waals surface area contributed by atoms with Crippen molar-refractivity contribution < 1.29 is 33.6 Å². The van der Waals surface area contributed by atoms with Crippen LogP contribution < -0.4 is 24.3 Å². The van der Waals surface area contributed by atoms with Crippen LogP contribution in [0.4, 0.5) is 5.69 Å². The molecule has 0 saturated carbocycles. The van der Waals surface area contributed by atoms with Crippen molar-refractivity contribution in [3.05, 3.63) is 42.0 Å². The summed E-state index contributed by atoms with van der Waals surface area (Å²) in [5.41, 5.74) is -0.0595. The fourth-order valence-corrected chi connectivity index (χ4v) is 2.52. The second-order valence-corrected chi connectivity index (χ2v) is 5.41. The first-order chi connectivity index (χ1) is 12.5. The number of rotatable bonds is 5. The van der Waals surface area contributed by atoms with Gasteiger partial charge in [0.15, 0.2) is 23.0 Å². The van der Waals surface area contributed by atoms with Crippen LogP contribution in [-0.4, -0.2) is 43.9 Å². The van der Waals surface area contributed by atoms with Gasteiger partial charge in [0.1, 0.15) is 6.61 Å². The second kappa shape index (κ2) is 7.22. The number of carbonyl (C=O) groups excluding carboxylic acids is 1. The lowest BCUT2D eigenvalue weighted by Crippen LogP contribution is -2.40. The van der Waals surface area contributed by atoms with E-state index in [0.717, 1.165) is 0 Å². The average molecular weight is 359 g/mol. The molecule has 1 unspecified atom stereocenters. The van der Waals surface area contributed by atoms with Gasteiger partial charge in [-0.15, -0.1) is 0 Å². The first-order valence-corrected chi connectivity index (χ1v) is 7.72. The number of nitrogens with one attached hydrogen (secondary N) is 1. The van der Waals surface area contributed by atoms with Crippen molar-refractivity contribution in [1.29, 1.82) is 0 Å². The number of aromatic carboxylic acids is 1. The summed E-state index contributed by atoms with van der Waals surface area (Å²) in [6.07, 6.45) is -0.917. The Balaban J connectivity index is 1.84. The largest absolute Gasteiger partial charge is 0.493 e. The van der Waals surface area contributed by atoms with E-state index in [1.165, 1.54) is 26.4 Å². The topological polar surface area (TPSA) is 103 Å². The summed E-state index contributed by atoms with van der Waals surface area (Å²) in [6, 6.07) is 9.65. The highest BCUT2D eigenvalue weighted by Crippen LogP contribution is 2.34. The third-order valence-corrected chi connectivity index (χ3v) is 3.81. The van der Waals surface area contributed by atoms with Gasteiger partial charge < -0.3 is 29.4 Å². The smallest absolute Gasteiger partial charge is 0.337 e. The minimum Gasteiger partial charge on any atom is -0.493 e. The Bertz CT molecular complexity index is 849. The van der Waals surface area contributed by atoms with Crippen LogP contribution in [0.25, 0.3) is 0 Å². The Labute approximate surface area is 149 Å². The van der Waals surface area contributed by atoms with Crippen LogP contribution in [0.15, 0.2) is 36.4 Å². The quantitative estimate of drug-likeness (QED) is 0.843. The van der Waals surface area contributed by atoms with Crippen LogP contribution in [0.3, 0.4) is 0 Å². The van der Waals surface area contributed by atoms with Crippen molar-refractivity contribution in [1.82, 2.24) is 0 Å². The summed E-state index contributed by atoms with van der Waals surface area (Å²) in [6.45, 7) is 0.0124. The molecule has 1 amide bonds. The fourth-order valence-electron chi connectivity index (χ4n) is 2.52. The number of carboxylic acid groups (broad SMARTS) is 1. The molecule has 8 nitrogen and oxygen atoms in total. The molecule has 0 fully saturated rings. The van der Waals surface area contributed by atoms with Crippen molar-refractivity contribution in [2.75, 3.05) is 26.1 Å². The van der Waals surface area contributed by atoms with E-state index in [1.807, 2.05) is 0 Å². The summed E-state index contributed by atoms with van der Waals surface area (Å²) in [4.78, 5) is 24.0. The van der Waals surface area contributed by atoms with E-state index in [-0.39, 0.29) is 23.6 Å². The second-order valence-electron chi connectivity index (χ2n) is 5.41. The van der Waals surface area contributed by atoms with Gasteiger partial charge in [-0.2, -0.15) is 0 Å². The van der Waals surface area contributed by atoms with Crippen LogP contribution in [0, 0.1) is 0 Å². The molecular formula is C18H17NO7. The summed E-state index contributed by atoms with van der Waals surface area (Å²) >= 11 is 0. The first kappa shape index (κ1) is 17.4. The Morgan fingerprint density at radius 1 is 1.12 bits per heavy atom. The monoisotopic (exact) mass is 359 g/mol. The first-order valence-electron chi connectivity index (χ1n) is 7.72. The Morgan fingerprint density at radius 2 is 1.77 bits per heavy atom. The van der Waals surface area contributed by atoms with Gasteiger partial charge in [-0.1, -0.05) is 12.1 Å². The zero-order chi connectivity index (χ0) is 18.7. The molecule has 1 aliphatic heterocycles. The SMILES string of the molecule is COc1cc(NC(=O)C2COc3ccccc3O2)c(C(=O)O)cc1OC. The van der Waals surface area contributed by atoms with E-state index < -0.39 is 18.0 Å². The molecule has 0 radical (unpaired) electrons. The molecule has 0 bridgehead atoms. The third-order valence-electron chi connectivity index (χ3n) is 3.81. The fraction of sp³-hybridized carbons (Fsp3) is 0.222. The third kappa shape index (κ3) is 3.34. The maximum absolute atomic E-state index is 12.5. The predicted molar refractivity (Wildman–Crippen MR) is 91.5 cm³/mol. The average Bonchev–Trinajstić information content (AvgIpc) is 2.66. The van der Waals surface area contributed by atoms with Gasteiger partial charge in [0, 0.05) is 12.1 Å². The predicted octanol–water partition coefficient (Wildman–Crippen LogP) is 2.18. The van der Waals surface area contributed by atoms with Gasteiger partial charge in [0.2, 0.25) is 6.10 Å². The Morgan fingerprint density at radius 3 is 2.42 bits per heavy atom. The molecule has 136 valence electrons. The molecule has 1 atom stereocenters. The lowest BCUT2D eigenvalue weighted by Gasteiger charge is -2.25. The molecule has 3 rings (SSSR count). The summed E-state index contributed by atoms with van der Waals surface area (Å²) in [5, 5.41) is 12.0. The van der Waals surface area contributed by atoms with E-state index >= 15 is 0 Å². The van der Waals surface area contributed by atoms with E-state index in [2.05, 4.69) is 5.32 Å². The molecule has 0 spiro atoms. The lowest BCUT2D eigenvalue weighted by atomic mass is 10.1. The zero-order valence-electron chi connectivity index (χ0n) is 14.1. The van der Waals surface area contributed by atoms with E-state index in [4.69, 9.17) is 18.9 Å². The lowest BCUT2D eigenvalue weighted by molar-refractivity contribution is -0.125. The van der Waals surface area contributed by atoms with Gasteiger partial charge in [-0.05, 0) is 12.1 Å². The van der Waals surface area contributed by atoms with E-state index in [0.29, 0.717) is 17.2 Å². The number of benzene rings is 2. The van der Waals surface area contributed by atoms with Gasteiger partial charge in [-0.25, -0.2) is 4.79 Å². The number of carbonyl (C=O) groups is 2. The van der Waals surface area contributed by atoms with Crippen molar-refractivity contribution in [2.45, 2.75) is 6.10 Å². The maximum Gasteiger partial charge on any atom is 0.337 e. The van der Waals surface area contributed by atoms with Gasteiger partial charge in [0.25, 0.3) is 5.91 Å². The van der Waals surface area contributed by atoms with Crippen LogP contribution in [0.2, 0.25) is 0 Å². The molecule has 2 aromatic carbocycles. The normalized spacial score (nSPS) is 15.1. The summed E-state index contributed by atoms with van der Waals surface area (Å²) in [5.74, 6) is -0.215. The molecular weight excluding hydrogens is 342 g/mol. The van der Waals surface area contributed by atoms with E-state index in [9.17, 15) is 14.7 Å². The van der Waals surface area contributed by atoms with Crippen LogP contribution in [-0.2, 0) is 4.79 Å². The number of carboxylic acids is 1. The molecule has 2 N–H and O–H groups in total. The highest BCUT2D eigenvalue weighted by Gasteiger charge is 2.28. The standard InChI is InChI=1S/C18H17NO7/c1-23-14-7-10(18(21)22)11(8-15(14)24-2)19-17(20)16-9-25-12-5-3-4-6-13(12)26-16/h3-8,16H,9H2,1-2H3,(H,19,20)(H,21,22). The number of anilines is 1. The van der Waals surface area contributed by atoms with Gasteiger partial charge in [-0.3, -0.25) is 4.79 Å². The number of amides is 1. The molecule has 26 heavy (non-hydrogen) atoms. The summed E-state index contributed by atoms with van der Waals surface area (Å²) < 4.78 is 21.4. The van der Waals surface area contributed by atoms with Crippen LogP contribution in [0.1, 0.15) is 10.4 Å².